The summed E-state index contributed by atoms with van der Waals surface area (Å²) in [7, 11) is 0. The monoisotopic (exact) mass is 458 g/mol. The molecule has 0 spiro atoms. The number of rotatable bonds is 5. The minimum atomic E-state index is -0.281. The number of carbonyl (C=O) groups excluding carboxylic acids is 2. The molecular weight excluding hydrogens is 444 g/mol. The van der Waals surface area contributed by atoms with E-state index in [-0.39, 0.29) is 10.6 Å². The van der Waals surface area contributed by atoms with Gasteiger partial charge in [0.2, 0.25) is 0 Å². The van der Waals surface area contributed by atoms with Crippen molar-refractivity contribution in [3.8, 4) is 11.1 Å². The highest BCUT2D eigenvalue weighted by Crippen LogP contribution is 2.31. The van der Waals surface area contributed by atoms with E-state index in [9.17, 15) is 9.59 Å². The Bertz CT molecular complexity index is 963. The number of alkyl halides is 1. The molecule has 3 aromatic rings. The van der Waals surface area contributed by atoms with E-state index in [0.29, 0.717) is 12.0 Å². The molecule has 0 heterocycles. The van der Waals surface area contributed by atoms with Gasteiger partial charge in [-0.15, -0.1) is 0 Å². The van der Waals surface area contributed by atoms with Crippen molar-refractivity contribution < 1.29 is 9.59 Å². The van der Waals surface area contributed by atoms with Crippen LogP contribution >= 0.6 is 31.9 Å². The van der Waals surface area contributed by atoms with E-state index in [0.717, 1.165) is 38.2 Å². The summed E-state index contributed by atoms with van der Waals surface area (Å²) in [5.41, 5.74) is 3.80. The molecule has 0 aliphatic carbocycles. The van der Waals surface area contributed by atoms with Crippen LogP contribution in [0.3, 0.4) is 0 Å². The number of benzene rings is 3. The third kappa shape index (κ3) is 3.75. The maximum Gasteiger partial charge on any atom is 0.163 e. The van der Waals surface area contributed by atoms with Crippen molar-refractivity contribution in [3.63, 3.8) is 0 Å². The first-order valence-corrected chi connectivity index (χ1v) is 9.70. The largest absolute Gasteiger partial charge is 0.302 e. The lowest BCUT2D eigenvalue weighted by Gasteiger charge is -2.09. The summed E-state index contributed by atoms with van der Waals surface area (Å²) in [4.78, 5) is 22.6. The highest BCUT2D eigenvalue weighted by atomic mass is 79.9. The quantitative estimate of drug-likeness (QED) is 0.248. The molecule has 3 rings (SSSR count). The molecule has 0 radical (unpaired) electrons. The third-order valence-electron chi connectivity index (χ3n) is 4.23. The van der Waals surface area contributed by atoms with Gasteiger partial charge in [-0.25, -0.2) is 0 Å². The fraction of sp³-hybridized carbons (Fsp3) is 0.143. The van der Waals surface area contributed by atoms with Crippen LogP contribution in [-0.4, -0.2) is 12.1 Å². The number of aldehydes is 1. The first kappa shape index (κ1) is 18.0. The molecule has 0 aliphatic heterocycles. The summed E-state index contributed by atoms with van der Waals surface area (Å²) in [5, 5.41) is 2.20. The van der Waals surface area contributed by atoms with Gasteiger partial charge in [-0.05, 0) is 51.7 Å². The Labute approximate surface area is 163 Å². The van der Waals surface area contributed by atoms with Crippen molar-refractivity contribution in [1.29, 1.82) is 0 Å². The van der Waals surface area contributed by atoms with Crippen molar-refractivity contribution in [1.82, 2.24) is 0 Å². The number of ketones is 1. The van der Waals surface area contributed by atoms with Crippen LogP contribution in [0.15, 0.2) is 59.1 Å². The Hall–Kier alpha value is -1.78. The highest BCUT2D eigenvalue weighted by molar-refractivity contribution is 9.10. The topological polar surface area (TPSA) is 34.1 Å². The first-order valence-electron chi connectivity index (χ1n) is 7.99. The number of fused-ring (bicyclic) bond motifs is 1. The van der Waals surface area contributed by atoms with Gasteiger partial charge in [0.1, 0.15) is 6.29 Å². The average Bonchev–Trinajstić information content (AvgIpc) is 2.65. The maximum atomic E-state index is 11.9. The molecule has 0 aromatic heterocycles. The second-order valence-electron chi connectivity index (χ2n) is 5.83. The van der Waals surface area contributed by atoms with E-state index in [1.807, 2.05) is 43.3 Å². The van der Waals surface area contributed by atoms with Crippen LogP contribution in [0.2, 0.25) is 0 Å². The van der Waals surface area contributed by atoms with E-state index in [4.69, 9.17) is 0 Å². The second-order valence-corrected chi connectivity index (χ2v) is 7.67. The first-order chi connectivity index (χ1) is 12.0. The molecule has 0 bridgehead atoms. The predicted molar refractivity (Wildman–Crippen MR) is 109 cm³/mol. The molecule has 126 valence electrons. The molecule has 1 unspecified atom stereocenters. The van der Waals surface area contributed by atoms with Crippen molar-refractivity contribution in [2.75, 3.05) is 0 Å². The lowest BCUT2D eigenvalue weighted by atomic mass is 9.98. The third-order valence-corrected chi connectivity index (χ3v) is 5.63. The summed E-state index contributed by atoms with van der Waals surface area (Å²) in [6.07, 6.45) is 1.37. The smallest absolute Gasteiger partial charge is 0.163 e. The Balaban J connectivity index is 2.00. The zero-order chi connectivity index (χ0) is 18.0. The Morgan fingerprint density at radius 3 is 2.32 bits per heavy atom. The van der Waals surface area contributed by atoms with Crippen molar-refractivity contribution in [2.24, 2.45) is 0 Å². The van der Waals surface area contributed by atoms with Gasteiger partial charge in [0.25, 0.3) is 0 Å². The van der Waals surface area contributed by atoms with E-state index in [1.54, 1.807) is 0 Å². The fourth-order valence-electron chi connectivity index (χ4n) is 2.81. The predicted octanol–water partition coefficient (Wildman–Crippen LogP) is 6.50. The minimum Gasteiger partial charge on any atom is -0.302 e. The molecule has 0 amide bonds. The number of carbonyl (C=O) groups is 2. The number of Topliss-reactive ketones (excluding diaryl/α,β-unsaturated/α-hetero) is 1. The second kappa shape index (κ2) is 7.63. The summed E-state index contributed by atoms with van der Waals surface area (Å²) < 4.78 is 0.820. The van der Waals surface area contributed by atoms with Gasteiger partial charge >= 0.3 is 0 Å². The van der Waals surface area contributed by atoms with Crippen molar-refractivity contribution in [2.45, 2.75) is 18.2 Å². The molecule has 0 saturated heterocycles. The van der Waals surface area contributed by atoms with Gasteiger partial charge in [-0.3, -0.25) is 4.79 Å². The van der Waals surface area contributed by atoms with Gasteiger partial charge in [-0.2, -0.15) is 0 Å². The highest BCUT2D eigenvalue weighted by Gasteiger charge is 2.10. The van der Waals surface area contributed by atoms with Gasteiger partial charge in [-0.1, -0.05) is 69.1 Å². The van der Waals surface area contributed by atoms with E-state index < -0.39 is 0 Å². The molecule has 2 nitrogen and oxygen atoms in total. The number of halogens is 2. The molecule has 0 fully saturated rings. The standard InChI is InChI=1S/C21H16Br2O2/c1-2-21(25)18-8-7-16(11-19(18)22)14-3-4-15-10-17(20(23)12-24)6-5-13(15)9-14/h3-12,20H,2H2,1H3. The Morgan fingerprint density at radius 1 is 1.00 bits per heavy atom. The van der Waals surface area contributed by atoms with E-state index in [2.05, 4.69) is 50.1 Å². The Kier molecular flexibility index (Phi) is 5.50. The summed E-state index contributed by atoms with van der Waals surface area (Å²) in [6.45, 7) is 1.86. The summed E-state index contributed by atoms with van der Waals surface area (Å²) >= 11 is 6.86. The zero-order valence-corrected chi connectivity index (χ0v) is 16.8. The van der Waals surface area contributed by atoms with Crippen LogP contribution in [0.1, 0.15) is 34.1 Å². The van der Waals surface area contributed by atoms with Gasteiger partial charge in [0.15, 0.2) is 5.78 Å². The summed E-state index contributed by atoms with van der Waals surface area (Å²) in [6, 6.07) is 18.1. The Morgan fingerprint density at radius 2 is 1.64 bits per heavy atom. The van der Waals surface area contributed by atoms with Crippen LogP contribution in [0.25, 0.3) is 21.9 Å². The zero-order valence-electron chi connectivity index (χ0n) is 13.6. The lowest BCUT2D eigenvalue weighted by Crippen LogP contribution is -1.97. The number of hydrogen-bond acceptors (Lipinski definition) is 2. The van der Waals surface area contributed by atoms with E-state index in [1.165, 1.54) is 0 Å². The van der Waals surface area contributed by atoms with E-state index >= 15 is 0 Å². The molecule has 3 aromatic carbocycles. The molecule has 0 saturated carbocycles. The molecule has 0 N–H and O–H groups in total. The molecule has 25 heavy (non-hydrogen) atoms. The van der Waals surface area contributed by atoms with Crippen LogP contribution in [0.4, 0.5) is 0 Å². The normalized spacial score (nSPS) is 12.1. The van der Waals surface area contributed by atoms with Crippen LogP contribution in [-0.2, 0) is 4.79 Å². The van der Waals surface area contributed by atoms with Crippen LogP contribution < -0.4 is 0 Å². The minimum absolute atomic E-state index is 0.129. The molecular formula is C21H16Br2O2. The van der Waals surface area contributed by atoms with Crippen LogP contribution in [0.5, 0.6) is 0 Å². The summed E-state index contributed by atoms with van der Waals surface area (Å²) in [5.74, 6) is 0.129. The fourth-order valence-corrected chi connectivity index (χ4v) is 3.69. The van der Waals surface area contributed by atoms with Crippen LogP contribution in [0, 0.1) is 0 Å². The maximum absolute atomic E-state index is 11.9. The molecule has 0 aliphatic rings. The van der Waals surface area contributed by atoms with Crippen molar-refractivity contribution >= 4 is 54.7 Å². The molecule has 4 heteroatoms. The lowest BCUT2D eigenvalue weighted by molar-refractivity contribution is -0.107. The van der Waals surface area contributed by atoms with Gasteiger partial charge < -0.3 is 4.79 Å². The van der Waals surface area contributed by atoms with Crippen molar-refractivity contribution in [3.05, 3.63) is 70.2 Å². The van der Waals surface area contributed by atoms with Gasteiger partial charge in [0.05, 0.1) is 4.83 Å². The number of hydrogen-bond donors (Lipinski definition) is 0. The average molecular weight is 460 g/mol. The molecule has 1 atom stereocenters. The SMILES string of the molecule is CCC(=O)c1ccc(-c2ccc3cc(C(Br)C=O)ccc3c2)cc1Br. The van der Waals surface area contributed by atoms with Gasteiger partial charge in [0, 0.05) is 16.5 Å².